The summed E-state index contributed by atoms with van der Waals surface area (Å²) in [5, 5.41) is 2.53. The highest BCUT2D eigenvalue weighted by molar-refractivity contribution is 7.88. The molecular weight excluding hydrogens is 285 g/mol. The minimum atomic E-state index is -3.22. The van der Waals surface area contributed by atoms with Crippen molar-refractivity contribution in [2.45, 2.75) is 13.3 Å². The number of rotatable bonds is 7. The zero-order valence-corrected chi connectivity index (χ0v) is 12.3. The maximum absolute atomic E-state index is 13.2. The zero-order valence-electron chi connectivity index (χ0n) is 11.5. The predicted molar refractivity (Wildman–Crippen MR) is 73.2 cm³/mol. The number of hydrogen-bond donors (Lipinski definition) is 1. The SMILES string of the molecule is CCN(CCCNC(=O)c1cccnc1F)S(C)(=O)=O. The molecule has 0 aliphatic heterocycles. The highest BCUT2D eigenvalue weighted by Gasteiger charge is 2.14. The van der Waals surface area contributed by atoms with Crippen molar-refractivity contribution in [3.8, 4) is 0 Å². The van der Waals surface area contributed by atoms with Crippen LogP contribution in [-0.2, 0) is 10.0 Å². The minimum Gasteiger partial charge on any atom is -0.352 e. The fraction of sp³-hybridized carbons (Fsp3) is 0.500. The van der Waals surface area contributed by atoms with Gasteiger partial charge in [0, 0.05) is 25.8 Å². The summed E-state index contributed by atoms with van der Waals surface area (Å²) in [6.07, 6.45) is 2.85. The average Bonchev–Trinajstić information content (AvgIpc) is 2.37. The fourth-order valence-electron chi connectivity index (χ4n) is 1.67. The van der Waals surface area contributed by atoms with E-state index >= 15 is 0 Å². The molecular formula is C12H18FN3O3S. The van der Waals surface area contributed by atoms with Crippen molar-refractivity contribution in [2.24, 2.45) is 0 Å². The third-order valence-corrected chi connectivity index (χ3v) is 4.07. The lowest BCUT2D eigenvalue weighted by Gasteiger charge is -2.17. The van der Waals surface area contributed by atoms with Crippen LogP contribution in [0.3, 0.4) is 0 Å². The van der Waals surface area contributed by atoms with Gasteiger partial charge in [0.15, 0.2) is 0 Å². The van der Waals surface area contributed by atoms with Crippen LogP contribution in [0.1, 0.15) is 23.7 Å². The van der Waals surface area contributed by atoms with Gasteiger partial charge in [-0.1, -0.05) is 6.92 Å². The van der Waals surface area contributed by atoms with Crippen molar-refractivity contribution in [1.82, 2.24) is 14.6 Å². The van der Waals surface area contributed by atoms with E-state index in [2.05, 4.69) is 10.3 Å². The van der Waals surface area contributed by atoms with Gasteiger partial charge in [0.2, 0.25) is 16.0 Å². The molecule has 1 aromatic heterocycles. The van der Waals surface area contributed by atoms with Gasteiger partial charge < -0.3 is 5.32 Å². The van der Waals surface area contributed by atoms with Gasteiger partial charge in [-0.2, -0.15) is 4.39 Å². The maximum Gasteiger partial charge on any atom is 0.255 e. The van der Waals surface area contributed by atoms with Crippen molar-refractivity contribution >= 4 is 15.9 Å². The van der Waals surface area contributed by atoms with Gasteiger partial charge >= 0.3 is 0 Å². The number of hydrogen-bond acceptors (Lipinski definition) is 4. The number of pyridine rings is 1. The molecule has 1 N–H and O–H groups in total. The van der Waals surface area contributed by atoms with Crippen LogP contribution in [0, 0.1) is 5.95 Å². The lowest BCUT2D eigenvalue weighted by atomic mass is 10.2. The van der Waals surface area contributed by atoms with Crippen molar-refractivity contribution in [1.29, 1.82) is 0 Å². The van der Waals surface area contributed by atoms with Crippen LogP contribution in [0.5, 0.6) is 0 Å². The first-order valence-electron chi connectivity index (χ1n) is 6.20. The number of carbonyl (C=O) groups excluding carboxylic acids is 1. The number of sulfonamides is 1. The van der Waals surface area contributed by atoms with Crippen molar-refractivity contribution in [3.05, 3.63) is 29.8 Å². The molecule has 0 atom stereocenters. The lowest BCUT2D eigenvalue weighted by molar-refractivity contribution is 0.0948. The van der Waals surface area contributed by atoms with Gasteiger partial charge in [-0.3, -0.25) is 4.79 Å². The molecule has 0 unspecified atom stereocenters. The topological polar surface area (TPSA) is 79.4 Å². The first-order valence-corrected chi connectivity index (χ1v) is 8.05. The molecule has 112 valence electrons. The van der Waals surface area contributed by atoms with Gasteiger partial charge in [-0.25, -0.2) is 17.7 Å². The van der Waals surface area contributed by atoms with Crippen LogP contribution in [0.25, 0.3) is 0 Å². The molecule has 0 aliphatic rings. The van der Waals surface area contributed by atoms with Crippen LogP contribution in [0.4, 0.5) is 4.39 Å². The monoisotopic (exact) mass is 303 g/mol. The normalized spacial score (nSPS) is 11.6. The molecule has 0 fully saturated rings. The molecule has 1 aromatic rings. The molecule has 1 amide bonds. The van der Waals surface area contributed by atoms with Gasteiger partial charge in [0.05, 0.1) is 11.8 Å². The Labute approximate surface area is 118 Å². The Hall–Kier alpha value is -1.54. The molecule has 6 nitrogen and oxygen atoms in total. The summed E-state index contributed by atoms with van der Waals surface area (Å²) < 4.78 is 37.2. The lowest BCUT2D eigenvalue weighted by Crippen LogP contribution is -2.33. The molecule has 0 bridgehead atoms. The quantitative estimate of drug-likeness (QED) is 0.591. The summed E-state index contributed by atoms with van der Waals surface area (Å²) in [5.41, 5.74) is -0.122. The van der Waals surface area contributed by atoms with Crippen molar-refractivity contribution < 1.29 is 17.6 Å². The molecule has 8 heteroatoms. The molecule has 0 spiro atoms. The summed E-state index contributed by atoms with van der Waals surface area (Å²) in [4.78, 5) is 15.0. The van der Waals surface area contributed by atoms with Gasteiger partial charge in [0.1, 0.15) is 0 Å². The average molecular weight is 303 g/mol. The zero-order chi connectivity index (χ0) is 15.2. The van der Waals surface area contributed by atoms with E-state index in [0.29, 0.717) is 19.5 Å². The number of aromatic nitrogens is 1. The summed E-state index contributed by atoms with van der Waals surface area (Å²) in [7, 11) is -3.22. The minimum absolute atomic E-state index is 0.122. The van der Waals surface area contributed by atoms with Gasteiger partial charge in [-0.15, -0.1) is 0 Å². The standard InChI is InChI=1S/C12H18FN3O3S/c1-3-16(20(2,18)19)9-5-8-15-12(17)10-6-4-7-14-11(10)13/h4,6-7H,3,5,8-9H2,1-2H3,(H,15,17). The van der Waals surface area contributed by atoms with Crippen LogP contribution < -0.4 is 5.32 Å². The molecule has 1 heterocycles. The van der Waals surface area contributed by atoms with E-state index in [0.717, 1.165) is 6.26 Å². The Morgan fingerprint density at radius 2 is 2.20 bits per heavy atom. The second-order valence-electron chi connectivity index (χ2n) is 4.21. The van der Waals surface area contributed by atoms with E-state index in [1.807, 2.05) is 0 Å². The van der Waals surface area contributed by atoms with Crippen LogP contribution >= 0.6 is 0 Å². The van der Waals surface area contributed by atoms with E-state index < -0.39 is 21.9 Å². The highest BCUT2D eigenvalue weighted by Crippen LogP contribution is 2.03. The predicted octanol–water partition coefficient (Wildman–Crippen LogP) is 0.622. The summed E-state index contributed by atoms with van der Waals surface area (Å²) >= 11 is 0. The second-order valence-corrected chi connectivity index (χ2v) is 6.19. The Bertz CT molecular complexity index is 563. The highest BCUT2D eigenvalue weighted by atomic mass is 32.2. The largest absolute Gasteiger partial charge is 0.352 e. The van der Waals surface area contributed by atoms with E-state index in [9.17, 15) is 17.6 Å². The number of nitrogens with one attached hydrogen (secondary N) is 1. The van der Waals surface area contributed by atoms with Crippen LogP contribution in [0.15, 0.2) is 18.3 Å². The summed E-state index contributed by atoms with van der Waals surface area (Å²) in [6.45, 7) is 2.69. The van der Waals surface area contributed by atoms with E-state index in [1.54, 1.807) is 6.92 Å². The molecule has 0 radical (unpaired) electrons. The first-order chi connectivity index (χ1) is 9.36. The first kappa shape index (κ1) is 16.5. The summed E-state index contributed by atoms with van der Waals surface area (Å²) in [5.74, 6) is -1.38. The molecule has 0 aliphatic carbocycles. The molecule has 0 aromatic carbocycles. The van der Waals surface area contributed by atoms with E-state index in [4.69, 9.17) is 0 Å². The van der Waals surface area contributed by atoms with E-state index in [1.165, 1.54) is 22.6 Å². The Kier molecular flexibility index (Phi) is 6.03. The second kappa shape index (κ2) is 7.30. The Morgan fingerprint density at radius 3 is 2.75 bits per heavy atom. The number of amides is 1. The number of halogens is 1. The Balaban J connectivity index is 2.42. The number of carbonyl (C=O) groups is 1. The molecule has 1 rings (SSSR count). The third-order valence-electron chi connectivity index (χ3n) is 2.70. The van der Waals surface area contributed by atoms with Crippen molar-refractivity contribution in [2.75, 3.05) is 25.9 Å². The number of nitrogens with zero attached hydrogens (tertiary/aromatic N) is 2. The smallest absolute Gasteiger partial charge is 0.255 e. The van der Waals surface area contributed by atoms with Crippen LogP contribution in [-0.4, -0.2) is 49.5 Å². The Morgan fingerprint density at radius 1 is 1.50 bits per heavy atom. The maximum atomic E-state index is 13.2. The van der Waals surface area contributed by atoms with Gasteiger partial charge in [0.25, 0.3) is 5.91 Å². The fourth-order valence-corrected chi connectivity index (χ4v) is 2.60. The molecule has 20 heavy (non-hydrogen) atoms. The molecule has 0 saturated carbocycles. The van der Waals surface area contributed by atoms with Crippen molar-refractivity contribution in [3.63, 3.8) is 0 Å². The van der Waals surface area contributed by atoms with Gasteiger partial charge in [-0.05, 0) is 18.6 Å². The van der Waals surface area contributed by atoms with E-state index in [-0.39, 0.29) is 12.1 Å². The molecule has 0 saturated heterocycles. The third kappa shape index (κ3) is 4.86. The summed E-state index contributed by atoms with van der Waals surface area (Å²) in [6, 6.07) is 2.81. The van der Waals surface area contributed by atoms with Crippen LogP contribution in [0.2, 0.25) is 0 Å².